The highest BCUT2D eigenvalue weighted by Crippen LogP contribution is 2.13. The summed E-state index contributed by atoms with van der Waals surface area (Å²) in [5, 5.41) is 4.64. The van der Waals surface area contributed by atoms with E-state index in [-0.39, 0.29) is 5.91 Å². The fraction of sp³-hybridized carbons (Fsp3) is 0.0667. The Kier molecular flexibility index (Phi) is 4.68. The molecule has 4 nitrogen and oxygen atoms in total. The van der Waals surface area contributed by atoms with E-state index in [4.69, 9.17) is 0 Å². The third-order valence-electron chi connectivity index (χ3n) is 2.49. The Morgan fingerprint density at radius 2 is 2.10 bits per heavy atom. The molecule has 0 radical (unpaired) electrons. The zero-order valence-corrected chi connectivity index (χ0v) is 11.6. The molecule has 0 saturated carbocycles. The van der Waals surface area contributed by atoms with E-state index < -0.39 is 5.97 Å². The fourth-order valence-corrected chi connectivity index (χ4v) is 2.19. The number of carbonyl (C=O) groups excluding carboxylic acids is 2. The van der Waals surface area contributed by atoms with Crippen molar-refractivity contribution in [2.45, 2.75) is 0 Å². The van der Waals surface area contributed by atoms with Gasteiger partial charge in [0.15, 0.2) is 0 Å². The summed E-state index contributed by atoms with van der Waals surface area (Å²) in [5.41, 5.74) is 0.946. The quantitative estimate of drug-likeness (QED) is 0.694. The van der Waals surface area contributed by atoms with Crippen LogP contribution in [-0.2, 0) is 9.53 Å². The fourth-order valence-electron chi connectivity index (χ4n) is 1.57. The highest BCUT2D eigenvalue weighted by molar-refractivity contribution is 7.10. The van der Waals surface area contributed by atoms with E-state index >= 15 is 0 Å². The number of nitrogens with one attached hydrogen (secondary N) is 1. The summed E-state index contributed by atoms with van der Waals surface area (Å²) in [7, 11) is 1.32. The lowest BCUT2D eigenvalue weighted by Crippen LogP contribution is -2.09. The van der Waals surface area contributed by atoms with Crippen LogP contribution in [0.5, 0.6) is 0 Å². The topological polar surface area (TPSA) is 55.4 Å². The lowest BCUT2D eigenvalue weighted by Gasteiger charge is -2.04. The van der Waals surface area contributed by atoms with Crippen molar-refractivity contribution in [3.63, 3.8) is 0 Å². The van der Waals surface area contributed by atoms with Crippen LogP contribution in [0.15, 0.2) is 47.9 Å². The van der Waals surface area contributed by atoms with Crippen LogP contribution in [-0.4, -0.2) is 19.0 Å². The van der Waals surface area contributed by atoms with Crippen molar-refractivity contribution in [3.05, 3.63) is 58.3 Å². The normalized spacial score (nSPS) is 10.4. The molecule has 0 aliphatic rings. The predicted molar refractivity (Wildman–Crippen MR) is 79.8 cm³/mol. The molecule has 0 unspecified atom stereocenters. The average molecular weight is 287 g/mol. The molecule has 1 heterocycles. The smallest absolute Gasteiger partial charge is 0.337 e. The largest absolute Gasteiger partial charge is 0.465 e. The number of benzene rings is 1. The monoisotopic (exact) mass is 287 g/mol. The predicted octanol–water partition coefficient (Wildman–Crippen LogP) is 3.19. The number of amides is 1. The van der Waals surface area contributed by atoms with E-state index in [1.54, 1.807) is 41.7 Å². The maximum Gasteiger partial charge on any atom is 0.337 e. The Balaban J connectivity index is 2.02. The summed E-state index contributed by atoms with van der Waals surface area (Å²) < 4.78 is 4.63. The Hall–Kier alpha value is -2.40. The van der Waals surface area contributed by atoms with Gasteiger partial charge >= 0.3 is 5.97 Å². The van der Waals surface area contributed by atoms with Crippen molar-refractivity contribution >= 4 is 35.0 Å². The van der Waals surface area contributed by atoms with Crippen molar-refractivity contribution in [2.75, 3.05) is 12.4 Å². The summed E-state index contributed by atoms with van der Waals surface area (Å²) in [6.07, 6.45) is 3.20. The number of methoxy groups -OCH3 is 1. The number of esters is 1. The first-order valence-electron chi connectivity index (χ1n) is 5.90. The van der Waals surface area contributed by atoms with Crippen molar-refractivity contribution < 1.29 is 14.3 Å². The Labute approximate surface area is 120 Å². The van der Waals surface area contributed by atoms with Crippen LogP contribution < -0.4 is 5.32 Å². The standard InChI is InChI=1S/C15H13NO3S/c1-19-15(18)11-4-2-5-12(10-11)16-14(17)8-7-13-6-3-9-20-13/h2-10H,1H3,(H,16,17)/b8-7+. The van der Waals surface area contributed by atoms with Gasteiger partial charge in [-0.05, 0) is 35.7 Å². The van der Waals surface area contributed by atoms with Gasteiger partial charge in [-0.15, -0.1) is 11.3 Å². The molecule has 102 valence electrons. The van der Waals surface area contributed by atoms with Gasteiger partial charge in [0.1, 0.15) is 0 Å². The summed E-state index contributed by atoms with van der Waals surface area (Å²) in [4.78, 5) is 24.1. The molecule has 2 rings (SSSR count). The summed E-state index contributed by atoms with van der Waals surface area (Å²) in [5.74, 6) is -0.685. The molecular weight excluding hydrogens is 274 g/mol. The van der Waals surface area contributed by atoms with Gasteiger partial charge in [-0.3, -0.25) is 4.79 Å². The average Bonchev–Trinajstić information content (AvgIpc) is 2.98. The van der Waals surface area contributed by atoms with Crippen LogP contribution in [0.1, 0.15) is 15.2 Å². The molecule has 1 amide bonds. The molecule has 2 aromatic rings. The number of hydrogen-bond acceptors (Lipinski definition) is 4. The highest BCUT2D eigenvalue weighted by Gasteiger charge is 2.06. The number of hydrogen-bond donors (Lipinski definition) is 1. The Morgan fingerprint density at radius 1 is 1.25 bits per heavy atom. The van der Waals surface area contributed by atoms with Crippen LogP contribution in [0.25, 0.3) is 6.08 Å². The van der Waals surface area contributed by atoms with Crippen LogP contribution in [0, 0.1) is 0 Å². The molecule has 0 aliphatic heterocycles. The van der Waals surface area contributed by atoms with E-state index in [0.29, 0.717) is 11.3 Å². The Bertz CT molecular complexity index is 632. The van der Waals surface area contributed by atoms with E-state index in [2.05, 4.69) is 10.1 Å². The molecular formula is C15H13NO3S. The van der Waals surface area contributed by atoms with Gasteiger partial charge in [-0.1, -0.05) is 12.1 Å². The summed E-state index contributed by atoms with van der Waals surface area (Å²) in [6.45, 7) is 0. The van der Waals surface area contributed by atoms with Gasteiger partial charge in [0.25, 0.3) is 0 Å². The molecule has 0 saturated heterocycles. The van der Waals surface area contributed by atoms with Crippen molar-refractivity contribution in [2.24, 2.45) is 0 Å². The molecule has 0 spiro atoms. The number of carbonyl (C=O) groups is 2. The lowest BCUT2D eigenvalue weighted by atomic mass is 10.2. The summed E-state index contributed by atoms with van der Waals surface area (Å²) >= 11 is 1.55. The highest BCUT2D eigenvalue weighted by atomic mass is 32.1. The zero-order valence-electron chi connectivity index (χ0n) is 10.8. The molecule has 0 fully saturated rings. The molecule has 0 bridgehead atoms. The maximum atomic E-state index is 11.7. The van der Waals surface area contributed by atoms with Gasteiger partial charge in [-0.25, -0.2) is 4.79 Å². The first-order chi connectivity index (χ1) is 9.69. The lowest BCUT2D eigenvalue weighted by molar-refractivity contribution is -0.111. The summed E-state index contributed by atoms with van der Waals surface area (Å²) in [6, 6.07) is 10.4. The minimum atomic E-state index is -0.435. The van der Waals surface area contributed by atoms with Gasteiger partial charge in [0.05, 0.1) is 12.7 Å². The first-order valence-corrected chi connectivity index (χ1v) is 6.78. The minimum absolute atomic E-state index is 0.250. The second-order valence-electron chi connectivity index (χ2n) is 3.91. The van der Waals surface area contributed by atoms with Crippen molar-refractivity contribution in [3.8, 4) is 0 Å². The van der Waals surface area contributed by atoms with Gasteiger partial charge in [-0.2, -0.15) is 0 Å². The molecule has 5 heteroatoms. The number of anilines is 1. The van der Waals surface area contributed by atoms with Gasteiger partial charge in [0, 0.05) is 16.6 Å². The Morgan fingerprint density at radius 3 is 2.80 bits per heavy atom. The second kappa shape index (κ2) is 6.68. The number of thiophene rings is 1. The minimum Gasteiger partial charge on any atom is -0.465 e. The van der Waals surface area contributed by atoms with Crippen LogP contribution in [0.4, 0.5) is 5.69 Å². The SMILES string of the molecule is COC(=O)c1cccc(NC(=O)/C=C/c2cccs2)c1. The number of ether oxygens (including phenoxy) is 1. The maximum absolute atomic E-state index is 11.7. The van der Waals surface area contributed by atoms with Crippen molar-refractivity contribution in [1.29, 1.82) is 0 Å². The zero-order chi connectivity index (χ0) is 14.4. The molecule has 1 N–H and O–H groups in total. The molecule has 0 aliphatic carbocycles. The molecule has 0 atom stereocenters. The van der Waals surface area contributed by atoms with E-state index in [1.807, 2.05) is 17.5 Å². The van der Waals surface area contributed by atoms with Crippen LogP contribution >= 0.6 is 11.3 Å². The van der Waals surface area contributed by atoms with Crippen LogP contribution in [0.3, 0.4) is 0 Å². The van der Waals surface area contributed by atoms with Crippen molar-refractivity contribution in [1.82, 2.24) is 0 Å². The van der Waals surface area contributed by atoms with Gasteiger partial charge in [0.2, 0.25) is 5.91 Å². The molecule has 1 aromatic heterocycles. The second-order valence-corrected chi connectivity index (χ2v) is 4.89. The van der Waals surface area contributed by atoms with E-state index in [9.17, 15) is 9.59 Å². The third kappa shape index (κ3) is 3.80. The molecule has 1 aromatic carbocycles. The van der Waals surface area contributed by atoms with E-state index in [1.165, 1.54) is 13.2 Å². The number of rotatable bonds is 4. The van der Waals surface area contributed by atoms with Crippen LogP contribution in [0.2, 0.25) is 0 Å². The third-order valence-corrected chi connectivity index (χ3v) is 3.33. The van der Waals surface area contributed by atoms with E-state index in [0.717, 1.165) is 4.88 Å². The first kappa shape index (κ1) is 14.0. The molecule has 20 heavy (non-hydrogen) atoms. The van der Waals surface area contributed by atoms with Gasteiger partial charge < -0.3 is 10.1 Å².